The largest absolute Gasteiger partial charge is 0.454 e. The van der Waals surface area contributed by atoms with Gasteiger partial charge < -0.3 is 9.47 Å². The molecule has 0 N–H and O–H groups in total. The summed E-state index contributed by atoms with van der Waals surface area (Å²) in [5.74, 6) is -2.02. The van der Waals surface area contributed by atoms with Crippen molar-refractivity contribution in [2.45, 2.75) is 12.2 Å². The average Bonchev–Trinajstić information content (AvgIpc) is 2.89. The van der Waals surface area contributed by atoms with Gasteiger partial charge in [0.15, 0.2) is 22.0 Å². The molecule has 1 fully saturated rings. The van der Waals surface area contributed by atoms with Gasteiger partial charge in [-0.3, -0.25) is 0 Å². The lowest BCUT2D eigenvalue weighted by Gasteiger charge is -2.19. The maximum atomic E-state index is 12.2. The van der Waals surface area contributed by atoms with Crippen LogP contribution in [0.3, 0.4) is 0 Å². The van der Waals surface area contributed by atoms with Gasteiger partial charge in [-0.1, -0.05) is 36.4 Å². The van der Waals surface area contributed by atoms with Crippen molar-refractivity contribution in [1.82, 2.24) is 0 Å². The first kappa shape index (κ1) is 17.2. The second kappa shape index (κ2) is 7.06. The summed E-state index contributed by atoms with van der Waals surface area (Å²) in [4.78, 5) is 24.3. The van der Waals surface area contributed by atoms with Gasteiger partial charge in [0.1, 0.15) is 0 Å². The number of hydrogen-bond acceptors (Lipinski definition) is 6. The van der Waals surface area contributed by atoms with Gasteiger partial charge >= 0.3 is 11.9 Å². The highest BCUT2D eigenvalue weighted by atomic mass is 32.2. The van der Waals surface area contributed by atoms with E-state index < -0.39 is 34.0 Å². The van der Waals surface area contributed by atoms with Crippen LogP contribution < -0.4 is 0 Å². The molecule has 0 bridgehead atoms. The average molecular weight is 360 g/mol. The number of ether oxygens (including phenoxy) is 2. The Morgan fingerprint density at radius 2 is 1.08 bits per heavy atom. The van der Waals surface area contributed by atoms with Crippen LogP contribution in [0.25, 0.3) is 0 Å². The minimum Gasteiger partial charge on any atom is -0.454 e. The van der Waals surface area contributed by atoms with E-state index in [-0.39, 0.29) is 11.5 Å². The lowest BCUT2D eigenvalue weighted by atomic mass is 10.2. The molecule has 2 atom stereocenters. The quantitative estimate of drug-likeness (QED) is 0.774. The van der Waals surface area contributed by atoms with Crippen LogP contribution in [0.4, 0.5) is 0 Å². The predicted molar refractivity (Wildman–Crippen MR) is 89.9 cm³/mol. The first-order valence-corrected chi connectivity index (χ1v) is 9.49. The van der Waals surface area contributed by atoms with E-state index in [1.807, 2.05) is 0 Å². The standard InChI is InChI=1S/C18H16O6S/c19-17(13-7-3-1-4-8-13)23-15-11-25(21,22)12-16(15)24-18(20)14-9-5-2-6-10-14/h1-10,15-16H,11-12H2/t15-,16+. The topological polar surface area (TPSA) is 86.7 Å². The molecule has 0 aromatic heterocycles. The lowest BCUT2D eigenvalue weighted by molar-refractivity contribution is -0.0176. The fourth-order valence-corrected chi connectivity index (χ4v) is 4.27. The molecule has 0 radical (unpaired) electrons. The fraction of sp³-hybridized carbons (Fsp3) is 0.222. The second-order valence-electron chi connectivity index (χ2n) is 5.70. The molecule has 0 spiro atoms. The molecule has 0 aliphatic carbocycles. The van der Waals surface area contributed by atoms with Crippen molar-refractivity contribution in [2.75, 3.05) is 11.5 Å². The molecule has 1 aliphatic heterocycles. The summed E-state index contributed by atoms with van der Waals surface area (Å²) in [6.45, 7) is 0. The van der Waals surface area contributed by atoms with E-state index in [0.717, 1.165) is 0 Å². The van der Waals surface area contributed by atoms with E-state index in [1.165, 1.54) is 0 Å². The Kier molecular flexibility index (Phi) is 4.85. The van der Waals surface area contributed by atoms with Crippen molar-refractivity contribution in [1.29, 1.82) is 0 Å². The minimum atomic E-state index is -3.45. The van der Waals surface area contributed by atoms with Gasteiger partial charge in [-0.2, -0.15) is 0 Å². The van der Waals surface area contributed by atoms with E-state index in [2.05, 4.69) is 0 Å². The molecule has 7 heteroatoms. The van der Waals surface area contributed by atoms with Gasteiger partial charge in [0.25, 0.3) is 0 Å². The zero-order valence-corrected chi connectivity index (χ0v) is 14.0. The third-order valence-electron chi connectivity index (χ3n) is 3.79. The number of hydrogen-bond donors (Lipinski definition) is 0. The SMILES string of the molecule is O=C(O[C@H]1CS(=O)(=O)C[C@H]1OC(=O)c1ccccc1)c1ccccc1. The van der Waals surface area contributed by atoms with Crippen LogP contribution in [-0.2, 0) is 19.3 Å². The van der Waals surface area contributed by atoms with Crippen LogP contribution in [0.1, 0.15) is 20.7 Å². The van der Waals surface area contributed by atoms with Crippen molar-refractivity contribution < 1.29 is 27.5 Å². The third kappa shape index (κ3) is 4.24. The number of carbonyl (C=O) groups is 2. The summed E-state index contributed by atoms with van der Waals surface area (Å²) in [6, 6.07) is 16.5. The molecule has 0 amide bonds. The third-order valence-corrected chi connectivity index (χ3v) is 5.46. The van der Waals surface area contributed by atoms with E-state index >= 15 is 0 Å². The molecule has 130 valence electrons. The van der Waals surface area contributed by atoms with E-state index in [4.69, 9.17) is 9.47 Å². The molecule has 3 rings (SSSR count). The molecule has 6 nitrogen and oxygen atoms in total. The summed E-state index contributed by atoms with van der Waals surface area (Å²) in [5.41, 5.74) is 0.611. The zero-order valence-electron chi connectivity index (χ0n) is 13.2. The highest BCUT2D eigenvalue weighted by Gasteiger charge is 2.43. The molecule has 2 aromatic rings. The normalized spacial score (nSPS) is 21.4. The molecular formula is C18H16O6S. The number of benzene rings is 2. The van der Waals surface area contributed by atoms with Crippen LogP contribution in [0, 0.1) is 0 Å². The Morgan fingerprint density at radius 1 is 0.720 bits per heavy atom. The maximum absolute atomic E-state index is 12.2. The molecule has 1 saturated heterocycles. The van der Waals surface area contributed by atoms with Crippen molar-refractivity contribution in [2.24, 2.45) is 0 Å². The predicted octanol–water partition coefficient (Wildman–Crippen LogP) is 1.87. The van der Waals surface area contributed by atoms with Gasteiger partial charge in [0.2, 0.25) is 0 Å². The molecule has 0 saturated carbocycles. The number of sulfone groups is 1. The summed E-state index contributed by atoms with van der Waals surface area (Å²) in [5, 5.41) is 0. The van der Waals surface area contributed by atoms with Crippen molar-refractivity contribution >= 4 is 21.8 Å². The van der Waals surface area contributed by atoms with Crippen LogP contribution in [-0.4, -0.2) is 44.1 Å². The fourth-order valence-electron chi connectivity index (χ4n) is 2.56. The van der Waals surface area contributed by atoms with Gasteiger partial charge in [0, 0.05) is 0 Å². The molecule has 0 unspecified atom stereocenters. The zero-order chi connectivity index (χ0) is 17.9. The van der Waals surface area contributed by atoms with Crippen molar-refractivity contribution in [3.05, 3.63) is 71.8 Å². The van der Waals surface area contributed by atoms with Gasteiger partial charge in [-0.05, 0) is 24.3 Å². The smallest absolute Gasteiger partial charge is 0.338 e. The summed E-state index contributed by atoms with van der Waals surface area (Å²) in [6.07, 6.45) is -2.05. The Labute approximate surface area is 145 Å². The molecule has 25 heavy (non-hydrogen) atoms. The van der Waals surface area contributed by atoms with Gasteiger partial charge in [-0.25, -0.2) is 18.0 Å². The number of rotatable bonds is 4. The van der Waals surface area contributed by atoms with Crippen LogP contribution in [0.5, 0.6) is 0 Å². The Morgan fingerprint density at radius 3 is 1.44 bits per heavy atom. The molecule has 1 heterocycles. The first-order valence-electron chi connectivity index (χ1n) is 7.67. The summed E-state index contributed by atoms with van der Waals surface area (Å²) >= 11 is 0. The summed E-state index contributed by atoms with van der Waals surface area (Å²) in [7, 11) is -3.45. The monoisotopic (exact) mass is 360 g/mol. The number of esters is 2. The minimum absolute atomic E-state index is 0.305. The maximum Gasteiger partial charge on any atom is 0.338 e. The van der Waals surface area contributed by atoms with Crippen LogP contribution >= 0.6 is 0 Å². The molecule has 2 aromatic carbocycles. The van der Waals surface area contributed by atoms with Gasteiger partial charge in [0.05, 0.1) is 22.6 Å². The van der Waals surface area contributed by atoms with E-state index in [9.17, 15) is 18.0 Å². The Balaban J connectivity index is 1.73. The van der Waals surface area contributed by atoms with E-state index in [0.29, 0.717) is 11.1 Å². The van der Waals surface area contributed by atoms with Crippen LogP contribution in [0.2, 0.25) is 0 Å². The van der Waals surface area contributed by atoms with E-state index in [1.54, 1.807) is 60.7 Å². The Bertz CT molecular complexity index is 793. The Hall–Kier alpha value is -2.67. The lowest BCUT2D eigenvalue weighted by Crippen LogP contribution is -2.34. The highest BCUT2D eigenvalue weighted by Crippen LogP contribution is 2.21. The summed E-state index contributed by atoms with van der Waals surface area (Å²) < 4.78 is 34.4. The molecule has 1 aliphatic rings. The second-order valence-corrected chi connectivity index (χ2v) is 7.85. The van der Waals surface area contributed by atoms with Gasteiger partial charge in [-0.15, -0.1) is 0 Å². The number of carbonyl (C=O) groups excluding carboxylic acids is 2. The molecular weight excluding hydrogens is 344 g/mol. The van der Waals surface area contributed by atoms with Crippen molar-refractivity contribution in [3.63, 3.8) is 0 Å². The first-order chi connectivity index (χ1) is 11.9. The van der Waals surface area contributed by atoms with Crippen LogP contribution in [0.15, 0.2) is 60.7 Å². The van der Waals surface area contributed by atoms with Crippen molar-refractivity contribution in [3.8, 4) is 0 Å². The highest BCUT2D eigenvalue weighted by molar-refractivity contribution is 7.91.